The molecule has 0 unspecified atom stereocenters. The largest absolute Gasteiger partial charge is 0.459 e. The lowest BCUT2D eigenvalue weighted by Crippen LogP contribution is -2.48. The molecule has 8 nitrogen and oxygen atoms in total. The molecule has 2 aromatic carbocycles. The first-order chi connectivity index (χ1) is 19.5. The molecule has 0 bridgehead atoms. The van der Waals surface area contributed by atoms with Crippen molar-refractivity contribution in [3.05, 3.63) is 79.5 Å². The van der Waals surface area contributed by atoms with E-state index in [9.17, 15) is 32.9 Å². The number of halogens is 3. The second-order valence-electron chi connectivity index (χ2n) is 10.8. The molecule has 12 heteroatoms. The van der Waals surface area contributed by atoms with Gasteiger partial charge in [-0.3, -0.25) is 19.8 Å². The summed E-state index contributed by atoms with van der Waals surface area (Å²) < 4.78 is 45.4. The van der Waals surface area contributed by atoms with Gasteiger partial charge in [0.05, 0.1) is 21.1 Å². The molecular weight excluding hydrogens is 559 g/mol. The Morgan fingerprint density at radius 3 is 2.32 bits per heavy atom. The summed E-state index contributed by atoms with van der Waals surface area (Å²) in [5.74, 6) is 0.199. The van der Waals surface area contributed by atoms with Crippen molar-refractivity contribution in [2.24, 2.45) is 5.92 Å². The van der Waals surface area contributed by atoms with Crippen LogP contribution in [0.3, 0.4) is 0 Å². The van der Waals surface area contributed by atoms with Crippen LogP contribution in [0.2, 0.25) is 0 Å². The van der Waals surface area contributed by atoms with E-state index in [1.807, 2.05) is 24.0 Å². The highest BCUT2D eigenvalue weighted by Crippen LogP contribution is 2.39. The first-order valence-corrected chi connectivity index (χ1v) is 14.4. The molecule has 2 heterocycles. The lowest BCUT2D eigenvalue weighted by atomic mass is 9.87. The number of nitrogens with zero attached hydrogens (tertiary/aromatic N) is 3. The van der Waals surface area contributed by atoms with Gasteiger partial charge in [0.2, 0.25) is 0 Å². The Morgan fingerprint density at radius 2 is 1.71 bits per heavy atom. The summed E-state index contributed by atoms with van der Waals surface area (Å²) in [7, 11) is 0. The fourth-order valence-electron chi connectivity index (χ4n) is 5.54. The van der Waals surface area contributed by atoms with E-state index in [0.29, 0.717) is 41.7 Å². The number of alkyl halides is 3. The summed E-state index contributed by atoms with van der Waals surface area (Å²) in [5.41, 5.74) is -0.931. The molecule has 0 spiro atoms. The van der Waals surface area contributed by atoms with Crippen LogP contribution in [0.5, 0.6) is 0 Å². The Kier molecular flexibility index (Phi) is 8.32. The highest BCUT2D eigenvalue weighted by atomic mass is 32.1. The second-order valence-corrected chi connectivity index (χ2v) is 11.8. The van der Waals surface area contributed by atoms with Gasteiger partial charge in [0.25, 0.3) is 5.69 Å². The summed E-state index contributed by atoms with van der Waals surface area (Å²) in [4.78, 5) is 40.2. The van der Waals surface area contributed by atoms with E-state index in [4.69, 9.17) is 4.74 Å². The standard InChI is InChI=1S/C29H30F3N3O5S/c1-18-2-6-20(7-3-18)28(37)40-22-8-4-19(5-9-22)17-33-10-12-34(13-11-33)26-16-25(36)23-14-21(29(30,31)32)15-24(35(38)39)27(23)41-26/h2-3,6-7,14-16,19,22H,4-5,8-13,17H2,1H3. The van der Waals surface area contributed by atoms with E-state index in [0.717, 1.165) is 62.2 Å². The number of nitro benzene ring substituents is 1. The predicted molar refractivity (Wildman–Crippen MR) is 151 cm³/mol. The maximum absolute atomic E-state index is 13.3. The fourth-order valence-corrected chi connectivity index (χ4v) is 6.73. The number of rotatable bonds is 6. The second kappa shape index (κ2) is 11.8. The van der Waals surface area contributed by atoms with Crippen molar-refractivity contribution in [3.8, 4) is 0 Å². The Bertz CT molecular complexity index is 1490. The maximum Gasteiger partial charge on any atom is 0.416 e. The molecule has 2 fully saturated rings. The first-order valence-electron chi connectivity index (χ1n) is 13.6. The molecule has 1 aliphatic carbocycles. The number of ether oxygens (including phenoxy) is 1. The highest BCUT2D eigenvalue weighted by Gasteiger charge is 2.34. The van der Waals surface area contributed by atoms with Gasteiger partial charge in [-0.2, -0.15) is 13.2 Å². The Balaban J connectivity index is 1.16. The van der Waals surface area contributed by atoms with E-state index in [2.05, 4.69) is 4.90 Å². The number of nitro groups is 1. The van der Waals surface area contributed by atoms with Crippen LogP contribution in [-0.4, -0.2) is 54.6 Å². The number of fused-ring (bicyclic) bond motifs is 1. The third-order valence-corrected chi connectivity index (χ3v) is 9.09. The molecule has 1 saturated heterocycles. The average Bonchev–Trinajstić information content (AvgIpc) is 2.93. The fraction of sp³-hybridized carbons (Fsp3) is 0.448. The molecule has 41 heavy (non-hydrogen) atoms. The lowest BCUT2D eigenvalue weighted by Gasteiger charge is -2.38. The summed E-state index contributed by atoms with van der Waals surface area (Å²) in [5, 5.41) is 11.8. The van der Waals surface area contributed by atoms with Crippen LogP contribution in [0.25, 0.3) is 10.1 Å². The van der Waals surface area contributed by atoms with E-state index in [1.165, 1.54) is 6.07 Å². The zero-order chi connectivity index (χ0) is 29.3. The van der Waals surface area contributed by atoms with Crippen molar-refractivity contribution in [3.63, 3.8) is 0 Å². The Morgan fingerprint density at radius 1 is 1.05 bits per heavy atom. The quantitative estimate of drug-likeness (QED) is 0.197. The number of anilines is 1. The molecule has 0 radical (unpaired) electrons. The van der Waals surface area contributed by atoms with Gasteiger partial charge < -0.3 is 9.64 Å². The van der Waals surface area contributed by atoms with Crippen LogP contribution < -0.4 is 10.3 Å². The maximum atomic E-state index is 13.3. The number of piperazine rings is 1. The van der Waals surface area contributed by atoms with Gasteiger partial charge in [0, 0.05) is 50.2 Å². The monoisotopic (exact) mass is 589 g/mol. The zero-order valence-corrected chi connectivity index (χ0v) is 23.3. The van der Waals surface area contributed by atoms with Crippen molar-refractivity contribution in [1.82, 2.24) is 4.90 Å². The van der Waals surface area contributed by atoms with Crippen LogP contribution >= 0.6 is 11.3 Å². The number of aryl methyl sites for hydroxylation is 1. The normalized spacial score (nSPS) is 20.2. The number of hydrogen-bond donors (Lipinski definition) is 0. The van der Waals surface area contributed by atoms with Crippen LogP contribution in [0.1, 0.15) is 47.2 Å². The summed E-state index contributed by atoms with van der Waals surface area (Å²) in [6.45, 7) is 5.53. The number of carbonyl (C=O) groups is 1. The smallest absolute Gasteiger partial charge is 0.416 e. The molecular formula is C29H30F3N3O5S. The van der Waals surface area contributed by atoms with Gasteiger partial charge in [-0.15, -0.1) is 11.3 Å². The molecule has 5 rings (SSSR count). The Hall–Kier alpha value is -3.51. The number of carbonyl (C=O) groups excluding carboxylic acids is 1. The number of esters is 1. The minimum absolute atomic E-state index is 0.0484. The molecule has 2 aliphatic rings. The van der Waals surface area contributed by atoms with Gasteiger partial charge in [-0.05, 0) is 56.7 Å². The third kappa shape index (κ3) is 6.70. The van der Waals surface area contributed by atoms with Gasteiger partial charge in [0.1, 0.15) is 10.8 Å². The summed E-state index contributed by atoms with van der Waals surface area (Å²) in [6.07, 6.45) is -1.31. The Labute approximate surface area is 238 Å². The molecule has 0 N–H and O–H groups in total. The van der Waals surface area contributed by atoms with Gasteiger partial charge >= 0.3 is 12.1 Å². The van der Waals surface area contributed by atoms with Crippen molar-refractivity contribution in [1.29, 1.82) is 0 Å². The van der Waals surface area contributed by atoms with E-state index >= 15 is 0 Å². The SMILES string of the molecule is Cc1ccc(C(=O)OC2CCC(CN3CCN(c4cc(=O)c5cc(C(F)(F)F)cc([N+](=O)[O-])c5s4)CC3)CC2)cc1. The van der Waals surface area contributed by atoms with Crippen LogP contribution in [-0.2, 0) is 10.9 Å². The molecule has 0 atom stereocenters. The minimum Gasteiger partial charge on any atom is -0.459 e. The third-order valence-electron chi connectivity index (χ3n) is 7.88. The summed E-state index contributed by atoms with van der Waals surface area (Å²) in [6, 6.07) is 9.83. The van der Waals surface area contributed by atoms with Crippen molar-refractivity contribution < 1.29 is 27.6 Å². The van der Waals surface area contributed by atoms with Gasteiger partial charge in [-0.25, -0.2) is 4.79 Å². The molecule has 1 saturated carbocycles. The highest BCUT2D eigenvalue weighted by molar-refractivity contribution is 7.22. The van der Waals surface area contributed by atoms with Crippen molar-refractivity contribution in [2.45, 2.75) is 44.9 Å². The number of non-ortho nitro benzene ring substituents is 1. The van der Waals surface area contributed by atoms with E-state index in [-0.39, 0.29) is 22.2 Å². The first kappa shape index (κ1) is 29.0. The molecule has 0 amide bonds. The van der Waals surface area contributed by atoms with Crippen LogP contribution in [0.4, 0.5) is 23.9 Å². The average molecular weight is 590 g/mol. The molecule has 1 aliphatic heterocycles. The number of hydrogen-bond acceptors (Lipinski definition) is 8. The van der Waals surface area contributed by atoms with Gasteiger partial charge in [-0.1, -0.05) is 17.7 Å². The molecule has 3 aromatic rings. The van der Waals surface area contributed by atoms with E-state index < -0.39 is 27.8 Å². The predicted octanol–water partition coefficient (Wildman–Crippen LogP) is 6.03. The zero-order valence-electron chi connectivity index (χ0n) is 22.5. The molecule has 1 aromatic heterocycles. The summed E-state index contributed by atoms with van der Waals surface area (Å²) >= 11 is 0.980. The van der Waals surface area contributed by atoms with Crippen LogP contribution in [0, 0.1) is 23.0 Å². The van der Waals surface area contributed by atoms with Gasteiger partial charge in [0.15, 0.2) is 5.43 Å². The topological polar surface area (TPSA) is 93.0 Å². The molecule has 218 valence electrons. The van der Waals surface area contributed by atoms with E-state index in [1.54, 1.807) is 12.1 Å². The lowest BCUT2D eigenvalue weighted by molar-refractivity contribution is -0.383. The van der Waals surface area contributed by atoms with Crippen molar-refractivity contribution >= 4 is 38.1 Å². The van der Waals surface area contributed by atoms with Crippen molar-refractivity contribution in [2.75, 3.05) is 37.6 Å². The number of benzene rings is 2. The van der Waals surface area contributed by atoms with Crippen LogP contribution in [0.15, 0.2) is 47.3 Å². The minimum atomic E-state index is -4.80.